The first-order chi connectivity index (χ1) is 5.75. The summed E-state index contributed by atoms with van der Waals surface area (Å²) < 4.78 is 0. The van der Waals surface area contributed by atoms with E-state index in [0.717, 1.165) is 5.56 Å². The molecule has 0 spiro atoms. The third-order valence-electron chi connectivity index (χ3n) is 1.53. The van der Waals surface area contributed by atoms with Gasteiger partial charge in [0.05, 0.1) is 6.01 Å². The lowest BCUT2D eigenvalue weighted by atomic mass is 10.1. The van der Waals surface area contributed by atoms with Crippen molar-refractivity contribution in [2.24, 2.45) is 4.99 Å². The zero-order chi connectivity index (χ0) is 8.97. The molecule has 0 fully saturated rings. The topological polar surface area (TPSA) is 53.3 Å². The highest BCUT2D eigenvalue weighted by atomic mass is 16.1. The lowest BCUT2D eigenvalue weighted by Gasteiger charge is -1.97. The predicted molar refractivity (Wildman–Crippen MR) is 45.7 cm³/mol. The lowest BCUT2D eigenvalue weighted by molar-refractivity contribution is 0.100. The van der Waals surface area contributed by atoms with Gasteiger partial charge in [-0.1, -0.05) is 18.2 Å². The molecule has 0 aromatic heterocycles. The van der Waals surface area contributed by atoms with Crippen molar-refractivity contribution in [1.29, 1.82) is 5.41 Å². The number of nitrogens with one attached hydrogen (secondary N) is 1. The third kappa shape index (κ3) is 1.65. The quantitative estimate of drug-likeness (QED) is 0.626. The van der Waals surface area contributed by atoms with E-state index in [1.807, 2.05) is 19.1 Å². The van der Waals surface area contributed by atoms with Crippen LogP contribution in [-0.4, -0.2) is 11.9 Å². The summed E-state index contributed by atoms with van der Waals surface area (Å²) >= 11 is 0. The first-order valence-electron chi connectivity index (χ1n) is 3.48. The largest absolute Gasteiger partial charge is 0.286 e. The average Bonchev–Trinajstić information content (AvgIpc) is 2.05. The molecule has 3 heteroatoms. The second kappa shape index (κ2) is 3.60. The van der Waals surface area contributed by atoms with Crippen LogP contribution in [0.2, 0.25) is 0 Å². The van der Waals surface area contributed by atoms with E-state index in [9.17, 15) is 4.79 Å². The number of amides is 1. The van der Waals surface area contributed by atoms with Crippen molar-refractivity contribution in [3.63, 3.8) is 0 Å². The number of hydrogen-bond donors (Lipinski definition) is 1. The molecule has 12 heavy (non-hydrogen) atoms. The summed E-state index contributed by atoms with van der Waals surface area (Å²) in [7, 11) is 0. The maximum absolute atomic E-state index is 11.1. The van der Waals surface area contributed by atoms with Crippen LogP contribution in [-0.2, 0) is 0 Å². The first kappa shape index (κ1) is 8.37. The fourth-order valence-electron chi connectivity index (χ4n) is 0.924. The van der Waals surface area contributed by atoms with Crippen molar-refractivity contribution in [2.45, 2.75) is 6.92 Å². The van der Waals surface area contributed by atoms with Crippen LogP contribution in [0.4, 0.5) is 0 Å². The molecular formula is C9H8N2O. The van der Waals surface area contributed by atoms with E-state index in [4.69, 9.17) is 5.41 Å². The molecule has 1 aromatic carbocycles. The first-order valence-corrected chi connectivity index (χ1v) is 3.48. The van der Waals surface area contributed by atoms with Crippen molar-refractivity contribution in [2.75, 3.05) is 0 Å². The number of benzene rings is 1. The SMILES string of the molecule is Cc1ccccc1C(=O)N=C=N. The van der Waals surface area contributed by atoms with Crippen molar-refractivity contribution >= 4 is 11.9 Å². The number of aryl methyl sites for hydroxylation is 1. The monoisotopic (exact) mass is 160 g/mol. The Balaban J connectivity index is 3.11. The average molecular weight is 160 g/mol. The van der Waals surface area contributed by atoms with Crippen LogP contribution in [0.15, 0.2) is 29.3 Å². The molecule has 0 aliphatic rings. The van der Waals surface area contributed by atoms with Gasteiger partial charge in [0.25, 0.3) is 5.91 Å². The fourth-order valence-corrected chi connectivity index (χ4v) is 0.924. The Morgan fingerprint density at radius 1 is 1.50 bits per heavy atom. The number of hydrogen-bond acceptors (Lipinski definition) is 2. The molecule has 0 saturated heterocycles. The minimum Gasteiger partial charge on any atom is -0.266 e. The smallest absolute Gasteiger partial charge is 0.266 e. The van der Waals surface area contributed by atoms with Crippen LogP contribution in [0.5, 0.6) is 0 Å². The van der Waals surface area contributed by atoms with Gasteiger partial charge in [-0.2, -0.15) is 0 Å². The Morgan fingerprint density at radius 3 is 2.75 bits per heavy atom. The molecule has 0 unspecified atom stereocenters. The van der Waals surface area contributed by atoms with Gasteiger partial charge in [0.1, 0.15) is 0 Å². The lowest BCUT2D eigenvalue weighted by Crippen LogP contribution is -1.96. The molecule has 1 N–H and O–H groups in total. The number of carbonyl (C=O) groups is 1. The number of rotatable bonds is 1. The summed E-state index contributed by atoms with van der Waals surface area (Å²) in [6, 6.07) is 8.83. The van der Waals surface area contributed by atoms with Crippen LogP contribution in [0.25, 0.3) is 0 Å². The zero-order valence-electron chi connectivity index (χ0n) is 6.66. The van der Waals surface area contributed by atoms with Gasteiger partial charge in [-0.25, -0.2) is 5.41 Å². The summed E-state index contributed by atoms with van der Waals surface area (Å²) in [5.74, 6) is -0.414. The molecule has 0 aliphatic carbocycles. The Morgan fingerprint density at radius 2 is 2.17 bits per heavy atom. The molecule has 60 valence electrons. The molecule has 3 nitrogen and oxygen atoms in total. The van der Waals surface area contributed by atoms with Crippen molar-refractivity contribution in [3.8, 4) is 0 Å². The van der Waals surface area contributed by atoms with Crippen LogP contribution in [0.1, 0.15) is 15.9 Å². The van der Waals surface area contributed by atoms with Gasteiger partial charge >= 0.3 is 0 Å². The molecule has 0 saturated carbocycles. The van der Waals surface area contributed by atoms with Crippen LogP contribution >= 0.6 is 0 Å². The highest BCUT2D eigenvalue weighted by Crippen LogP contribution is 2.07. The number of nitrogens with zero attached hydrogens (tertiary/aromatic N) is 1. The van der Waals surface area contributed by atoms with E-state index in [0.29, 0.717) is 5.56 Å². The standard InChI is InChI=1S/C9H8N2O/c1-7-4-2-3-5-8(7)9(12)11-6-10/h2-5,10H,1H3. The highest BCUT2D eigenvalue weighted by Gasteiger charge is 2.04. The summed E-state index contributed by atoms with van der Waals surface area (Å²) in [5.41, 5.74) is 1.39. The van der Waals surface area contributed by atoms with Crippen molar-refractivity contribution in [3.05, 3.63) is 35.4 Å². The maximum atomic E-state index is 11.1. The Labute approximate surface area is 70.3 Å². The Kier molecular flexibility index (Phi) is 2.51. The summed E-state index contributed by atoms with van der Waals surface area (Å²) in [4.78, 5) is 14.3. The van der Waals surface area contributed by atoms with E-state index in [1.54, 1.807) is 18.1 Å². The van der Waals surface area contributed by atoms with Gasteiger partial charge in [-0.05, 0) is 18.6 Å². The Bertz CT molecular complexity index is 351. The van der Waals surface area contributed by atoms with Gasteiger partial charge in [-0.3, -0.25) is 4.79 Å². The van der Waals surface area contributed by atoms with Gasteiger partial charge < -0.3 is 0 Å². The molecule has 0 aliphatic heterocycles. The molecule has 0 bridgehead atoms. The van der Waals surface area contributed by atoms with E-state index >= 15 is 0 Å². The zero-order valence-corrected chi connectivity index (χ0v) is 6.66. The van der Waals surface area contributed by atoms with Gasteiger partial charge in [0, 0.05) is 5.56 Å². The molecule has 1 rings (SSSR count). The second-order valence-corrected chi connectivity index (χ2v) is 2.34. The van der Waals surface area contributed by atoms with Crippen molar-refractivity contribution in [1.82, 2.24) is 0 Å². The third-order valence-corrected chi connectivity index (χ3v) is 1.53. The van der Waals surface area contributed by atoms with E-state index < -0.39 is 5.91 Å². The minimum atomic E-state index is -0.414. The second-order valence-electron chi connectivity index (χ2n) is 2.34. The van der Waals surface area contributed by atoms with Gasteiger partial charge in [-0.15, -0.1) is 4.99 Å². The fraction of sp³-hybridized carbons (Fsp3) is 0.111. The molecular weight excluding hydrogens is 152 g/mol. The van der Waals surface area contributed by atoms with Crippen molar-refractivity contribution < 1.29 is 4.79 Å². The van der Waals surface area contributed by atoms with E-state index in [2.05, 4.69) is 4.99 Å². The highest BCUT2D eigenvalue weighted by molar-refractivity contribution is 5.98. The number of aliphatic imine (C=N–C) groups is 1. The predicted octanol–water partition coefficient (Wildman–Crippen LogP) is 1.89. The van der Waals surface area contributed by atoms with Crippen LogP contribution in [0.3, 0.4) is 0 Å². The summed E-state index contributed by atoms with van der Waals surface area (Å²) in [6.07, 6.45) is 0. The van der Waals surface area contributed by atoms with Crippen LogP contribution in [0, 0.1) is 12.3 Å². The van der Waals surface area contributed by atoms with Gasteiger partial charge in [0.15, 0.2) is 0 Å². The summed E-state index contributed by atoms with van der Waals surface area (Å²) in [5, 5.41) is 6.52. The van der Waals surface area contributed by atoms with Gasteiger partial charge in [0.2, 0.25) is 0 Å². The Hall–Kier alpha value is -1.73. The van der Waals surface area contributed by atoms with Crippen LogP contribution < -0.4 is 0 Å². The molecule has 0 radical (unpaired) electrons. The van der Waals surface area contributed by atoms with E-state index in [1.165, 1.54) is 0 Å². The minimum absolute atomic E-state index is 0.414. The molecule has 0 heterocycles. The molecule has 1 aromatic rings. The molecule has 1 amide bonds. The number of carbonyl (C=O) groups excluding carboxylic acids is 1. The van der Waals surface area contributed by atoms with E-state index in [-0.39, 0.29) is 0 Å². The summed E-state index contributed by atoms with van der Waals surface area (Å²) in [6.45, 7) is 1.83. The normalized spacial score (nSPS) is 8.75. The molecule has 0 atom stereocenters. The maximum Gasteiger partial charge on any atom is 0.286 e.